The largest absolute Gasteiger partial charge is 0.383 e. The van der Waals surface area contributed by atoms with Crippen molar-refractivity contribution in [3.8, 4) is 0 Å². The Bertz CT molecular complexity index is 531. The van der Waals surface area contributed by atoms with Crippen LogP contribution in [0.5, 0.6) is 0 Å². The number of nitrogens with one attached hydrogen (secondary N) is 1. The molecule has 0 aliphatic heterocycles. The van der Waals surface area contributed by atoms with Gasteiger partial charge in [-0.25, -0.2) is 4.98 Å². The number of hydrogen-bond acceptors (Lipinski definition) is 4. The summed E-state index contributed by atoms with van der Waals surface area (Å²) in [5.74, 6) is 0. The smallest absolute Gasteiger partial charge is 0.0953 e. The van der Waals surface area contributed by atoms with Crippen LogP contribution in [-0.2, 0) is 31.3 Å². The molecule has 0 aliphatic rings. The Labute approximate surface area is 119 Å². The summed E-state index contributed by atoms with van der Waals surface area (Å²) in [6, 6.07) is 2.15. The minimum Gasteiger partial charge on any atom is -0.383 e. The molecule has 0 spiro atoms. The van der Waals surface area contributed by atoms with Gasteiger partial charge in [0.25, 0.3) is 0 Å². The van der Waals surface area contributed by atoms with Crippen LogP contribution < -0.4 is 5.32 Å². The minimum absolute atomic E-state index is 0.718. The zero-order chi connectivity index (χ0) is 14.4. The highest BCUT2D eigenvalue weighted by Gasteiger charge is 2.05. The summed E-state index contributed by atoms with van der Waals surface area (Å²) in [5.41, 5.74) is 3.36. The molecule has 2 heterocycles. The minimum atomic E-state index is 0.718. The predicted octanol–water partition coefficient (Wildman–Crippen LogP) is 0.963. The van der Waals surface area contributed by atoms with Crippen molar-refractivity contribution in [2.75, 3.05) is 20.3 Å². The van der Waals surface area contributed by atoms with Gasteiger partial charge in [0.05, 0.1) is 36.6 Å². The SMILES string of the molecule is CCc1cc(Cn2cnc(CNCCOC)c2)n(C)n1. The van der Waals surface area contributed by atoms with Crippen molar-refractivity contribution in [3.63, 3.8) is 0 Å². The van der Waals surface area contributed by atoms with Crippen molar-refractivity contribution in [1.29, 1.82) is 0 Å². The van der Waals surface area contributed by atoms with Crippen LogP contribution in [0.4, 0.5) is 0 Å². The van der Waals surface area contributed by atoms with E-state index in [0.717, 1.165) is 44.0 Å². The van der Waals surface area contributed by atoms with Crippen molar-refractivity contribution in [3.05, 3.63) is 35.7 Å². The molecule has 2 aromatic heterocycles. The highest BCUT2D eigenvalue weighted by atomic mass is 16.5. The lowest BCUT2D eigenvalue weighted by molar-refractivity contribution is 0.199. The van der Waals surface area contributed by atoms with Crippen LogP contribution in [0.2, 0.25) is 0 Å². The highest BCUT2D eigenvalue weighted by Crippen LogP contribution is 2.07. The lowest BCUT2D eigenvalue weighted by Gasteiger charge is -2.02. The first-order valence-electron chi connectivity index (χ1n) is 6.95. The molecule has 1 N–H and O–H groups in total. The van der Waals surface area contributed by atoms with Crippen LogP contribution in [0.3, 0.4) is 0 Å². The van der Waals surface area contributed by atoms with Crippen LogP contribution in [-0.4, -0.2) is 39.6 Å². The second kappa shape index (κ2) is 7.21. The maximum Gasteiger partial charge on any atom is 0.0953 e. The molecule has 6 heteroatoms. The molecular weight excluding hydrogens is 254 g/mol. The standard InChI is InChI=1S/C14H23N5O/c1-4-12-7-14(18(2)17-12)10-19-9-13(16-11-19)8-15-5-6-20-3/h7,9,11,15H,4-6,8,10H2,1-3H3. The summed E-state index contributed by atoms with van der Waals surface area (Å²) in [6.07, 6.45) is 4.90. The molecule has 0 unspecified atom stereocenters. The molecule has 2 rings (SSSR count). The molecule has 0 aromatic carbocycles. The third kappa shape index (κ3) is 3.91. The van der Waals surface area contributed by atoms with E-state index < -0.39 is 0 Å². The van der Waals surface area contributed by atoms with E-state index in [-0.39, 0.29) is 0 Å². The van der Waals surface area contributed by atoms with Crippen molar-refractivity contribution < 1.29 is 4.74 Å². The molecule has 6 nitrogen and oxygen atoms in total. The van der Waals surface area contributed by atoms with Crippen LogP contribution in [0.1, 0.15) is 24.0 Å². The Balaban J connectivity index is 1.90. The summed E-state index contributed by atoms with van der Waals surface area (Å²) < 4.78 is 9.02. The van der Waals surface area contributed by atoms with E-state index in [4.69, 9.17) is 4.74 Å². The molecular formula is C14H23N5O. The number of aromatic nitrogens is 4. The van der Waals surface area contributed by atoms with Gasteiger partial charge in [0.2, 0.25) is 0 Å². The summed E-state index contributed by atoms with van der Waals surface area (Å²) in [5, 5.41) is 7.74. The fraction of sp³-hybridized carbons (Fsp3) is 0.571. The van der Waals surface area contributed by atoms with Gasteiger partial charge < -0.3 is 14.6 Å². The summed E-state index contributed by atoms with van der Waals surface area (Å²) in [6.45, 7) is 5.24. The first kappa shape index (κ1) is 14.7. The number of aryl methyl sites for hydroxylation is 2. The monoisotopic (exact) mass is 277 g/mol. The molecule has 0 saturated heterocycles. The van der Waals surface area contributed by atoms with Gasteiger partial charge in [0, 0.05) is 33.4 Å². The molecule has 0 radical (unpaired) electrons. The number of ether oxygens (including phenoxy) is 1. The second-order valence-electron chi connectivity index (χ2n) is 4.81. The number of nitrogens with zero attached hydrogens (tertiary/aromatic N) is 4. The van der Waals surface area contributed by atoms with E-state index in [2.05, 4.69) is 39.2 Å². The quantitative estimate of drug-likeness (QED) is 0.730. The molecule has 0 saturated carbocycles. The molecule has 0 atom stereocenters. The zero-order valence-corrected chi connectivity index (χ0v) is 12.5. The fourth-order valence-electron chi connectivity index (χ4n) is 2.05. The average Bonchev–Trinajstić information content (AvgIpc) is 3.03. The molecule has 0 bridgehead atoms. The van der Waals surface area contributed by atoms with Gasteiger partial charge in [-0.3, -0.25) is 4.68 Å². The van der Waals surface area contributed by atoms with Crippen molar-refractivity contribution in [2.24, 2.45) is 7.05 Å². The highest BCUT2D eigenvalue weighted by molar-refractivity contribution is 5.11. The second-order valence-corrected chi connectivity index (χ2v) is 4.81. The predicted molar refractivity (Wildman–Crippen MR) is 77.5 cm³/mol. The molecule has 20 heavy (non-hydrogen) atoms. The summed E-state index contributed by atoms with van der Waals surface area (Å²) >= 11 is 0. The number of methoxy groups -OCH3 is 1. The average molecular weight is 277 g/mol. The van der Waals surface area contributed by atoms with Crippen LogP contribution in [0, 0.1) is 0 Å². The van der Waals surface area contributed by atoms with E-state index in [1.54, 1.807) is 7.11 Å². The Hall–Kier alpha value is -1.66. The Morgan fingerprint density at radius 2 is 2.20 bits per heavy atom. The molecule has 0 aliphatic carbocycles. The lowest BCUT2D eigenvalue weighted by Crippen LogP contribution is -2.18. The van der Waals surface area contributed by atoms with E-state index in [1.807, 2.05) is 18.1 Å². The van der Waals surface area contributed by atoms with Gasteiger partial charge in [-0.1, -0.05) is 6.92 Å². The normalized spacial score (nSPS) is 11.2. The van der Waals surface area contributed by atoms with Gasteiger partial charge in [0.1, 0.15) is 0 Å². The van der Waals surface area contributed by atoms with Gasteiger partial charge in [0.15, 0.2) is 0 Å². The van der Waals surface area contributed by atoms with Crippen molar-refractivity contribution in [2.45, 2.75) is 26.4 Å². The van der Waals surface area contributed by atoms with Gasteiger partial charge in [-0.05, 0) is 12.5 Å². The lowest BCUT2D eigenvalue weighted by atomic mass is 10.3. The van der Waals surface area contributed by atoms with Gasteiger partial charge >= 0.3 is 0 Å². The van der Waals surface area contributed by atoms with Gasteiger partial charge in [-0.15, -0.1) is 0 Å². The maximum absolute atomic E-state index is 4.99. The summed E-state index contributed by atoms with van der Waals surface area (Å²) in [4.78, 5) is 4.40. The molecule has 110 valence electrons. The van der Waals surface area contributed by atoms with Crippen molar-refractivity contribution in [1.82, 2.24) is 24.6 Å². The number of imidazole rings is 1. The molecule has 0 fully saturated rings. The Morgan fingerprint density at radius 1 is 1.35 bits per heavy atom. The van der Waals surface area contributed by atoms with E-state index in [9.17, 15) is 0 Å². The third-order valence-electron chi connectivity index (χ3n) is 3.21. The number of rotatable bonds is 8. The van der Waals surface area contributed by atoms with E-state index in [0.29, 0.717) is 0 Å². The first-order valence-corrected chi connectivity index (χ1v) is 6.95. The fourth-order valence-corrected chi connectivity index (χ4v) is 2.05. The maximum atomic E-state index is 4.99. The summed E-state index contributed by atoms with van der Waals surface area (Å²) in [7, 11) is 3.69. The zero-order valence-electron chi connectivity index (χ0n) is 12.5. The van der Waals surface area contributed by atoms with E-state index >= 15 is 0 Å². The number of hydrogen-bond donors (Lipinski definition) is 1. The van der Waals surface area contributed by atoms with Crippen LogP contribution in [0.15, 0.2) is 18.6 Å². The van der Waals surface area contributed by atoms with Crippen LogP contribution >= 0.6 is 0 Å². The van der Waals surface area contributed by atoms with E-state index in [1.165, 1.54) is 5.69 Å². The Kier molecular flexibility index (Phi) is 5.31. The molecule has 2 aromatic rings. The topological polar surface area (TPSA) is 56.9 Å². The van der Waals surface area contributed by atoms with Gasteiger partial charge in [-0.2, -0.15) is 5.10 Å². The van der Waals surface area contributed by atoms with Crippen LogP contribution in [0.25, 0.3) is 0 Å². The van der Waals surface area contributed by atoms with Crippen molar-refractivity contribution >= 4 is 0 Å². The Morgan fingerprint density at radius 3 is 2.90 bits per heavy atom. The first-order chi connectivity index (χ1) is 9.72. The third-order valence-corrected chi connectivity index (χ3v) is 3.21. The molecule has 0 amide bonds.